The molecular weight excluding hydrogens is 339 g/mol. The standard InChI is InChI=1S/C19H17FN2O4/c20-13-5-7-14(8-6-13)25-12-10-22-17(23)19(21-18(22)24)9-11-26-16-4-2-1-3-15(16)19/h1-8H,9-12H2,(H,21,24)/t19-/m1/s1. The number of amides is 3. The predicted molar refractivity (Wildman–Crippen MR) is 90.4 cm³/mol. The Morgan fingerprint density at radius 3 is 2.73 bits per heavy atom. The molecule has 4 rings (SSSR count). The molecule has 2 aromatic carbocycles. The number of nitrogens with zero attached hydrogens (tertiary/aromatic N) is 1. The number of hydrogen-bond acceptors (Lipinski definition) is 4. The van der Waals surface area contributed by atoms with E-state index in [4.69, 9.17) is 9.47 Å². The minimum Gasteiger partial charge on any atom is -0.493 e. The van der Waals surface area contributed by atoms with Crippen molar-refractivity contribution >= 4 is 11.9 Å². The molecule has 1 fully saturated rings. The van der Waals surface area contributed by atoms with Crippen molar-refractivity contribution in [3.05, 3.63) is 59.9 Å². The van der Waals surface area contributed by atoms with Crippen LogP contribution < -0.4 is 14.8 Å². The summed E-state index contributed by atoms with van der Waals surface area (Å²) in [6.45, 7) is 0.578. The Bertz CT molecular complexity index is 855. The molecule has 0 bridgehead atoms. The van der Waals surface area contributed by atoms with Crippen LogP contribution in [0.4, 0.5) is 9.18 Å². The maximum absolute atomic E-state index is 13.0. The lowest BCUT2D eigenvalue weighted by Crippen LogP contribution is -2.47. The Morgan fingerprint density at radius 1 is 1.15 bits per heavy atom. The van der Waals surface area contributed by atoms with Crippen molar-refractivity contribution in [3.8, 4) is 11.5 Å². The van der Waals surface area contributed by atoms with Crippen molar-refractivity contribution in [2.24, 2.45) is 0 Å². The summed E-state index contributed by atoms with van der Waals surface area (Å²) in [5, 5.41) is 2.83. The van der Waals surface area contributed by atoms with Crippen molar-refractivity contribution in [2.75, 3.05) is 19.8 Å². The Hall–Kier alpha value is -3.09. The highest BCUT2D eigenvalue weighted by atomic mass is 19.1. The van der Waals surface area contributed by atoms with Crippen LogP contribution in [-0.4, -0.2) is 36.6 Å². The monoisotopic (exact) mass is 356 g/mol. The average Bonchev–Trinajstić information content (AvgIpc) is 2.88. The smallest absolute Gasteiger partial charge is 0.325 e. The Labute approximate surface area is 149 Å². The maximum atomic E-state index is 13.0. The molecule has 0 aromatic heterocycles. The molecule has 1 spiro atoms. The fourth-order valence-electron chi connectivity index (χ4n) is 3.36. The van der Waals surface area contributed by atoms with E-state index in [-0.39, 0.29) is 24.9 Å². The molecule has 2 aromatic rings. The normalized spacial score (nSPS) is 21.3. The van der Waals surface area contributed by atoms with Gasteiger partial charge in [0.2, 0.25) is 0 Å². The molecule has 2 aliphatic heterocycles. The highest BCUT2D eigenvalue weighted by molar-refractivity contribution is 6.07. The van der Waals surface area contributed by atoms with E-state index in [0.29, 0.717) is 30.1 Å². The summed E-state index contributed by atoms with van der Waals surface area (Å²) < 4.78 is 24.0. The summed E-state index contributed by atoms with van der Waals surface area (Å²) in [5.74, 6) is 0.425. The molecule has 2 heterocycles. The van der Waals surface area contributed by atoms with Crippen LogP contribution in [0, 0.1) is 5.82 Å². The molecule has 0 saturated carbocycles. The number of hydrogen-bond donors (Lipinski definition) is 1. The van der Waals surface area contributed by atoms with Crippen LogP contribution in [0.25, 0.3) is 0 Å². The summed E-state index contributed by atoms with van der Waals surface area (Å²) in [6.07, 6.45) is 0.379. The zero-order chi connectivity index (χ0) is 18.1. The van der Waals surface area contributed by atoms with Crippen LogP contribution in [0.2, 0.25) is 0 Å². The van der Waals surface area contributed by atoms with E-state index in [0.717, 1.165) is 4.90 Å². The minimum atomic E-state index is -1.08. The van der Waals surface area contributed by atoms with Crippen LogP contribution in [0.1, 0.15) is 12.0 Å². The van der Waals surface area contributed by atoms with Crippen molar-refractivity contribution in [3.63, 3.8) is 0 Å². The van der Waals surface area contributed by atoms with Gasteiger partial charge in [-0.2, -0.15) is 0 Å². The van der Waals surface area contributed by atoms with Gasteiger partial charge >= 0.3 is 6.03 Å². The molecule has 7 heteroatoms. The van der Waals surface area contributed by atoms with Crippen LogP contribution in [0.15, 0.2) is 48.5 Å². The van der Waals surface area contributed by atoms with E-state index in [2.05, 4.69) is 5.32 Å². The molecule has 3 amide bonds. The van der Waals surface area contributed by atoms with Gasteiger partial charge in [-0.05, 0) is 30.3 Å². The number of urea groups is 1. The summed E-state index contributed by atoms with van der Waals surface area (Å²) in [5.41, 5.74) is -0.409. The number of benzene rings is 2. The average molecular weight is 356 g/mol. The second-order valence-corrected chi connectivity index (χ2v) is 6.19. The number of rotatable bonds is 4. The third-order valence-corrected chi connectivity index (χ3v) is 4.65. The first-order valence-corrected chi connectivity index (χ1v) is 8.35. The fourth-order valence-corrected chi connectivity index (χ4v) is 3.36. The van der Waals surface area contributed by atoms with Crippen LogP contribution in [0.3, 0.4) is 0 Å². The highest BCUT2D eigenvalue weighted by Gasteiger charge is 2.54. The van der Waals surface area contributed by atoms with Crippen LogP contribution >= 0.6 is 0 Å². The molecule has 26 heavy (non-hydrogen) atoms. The van der Waals surface area contributed by atoms with E-state index in [1.54, 1.807) is 12.1 Å². The van der Waals surface area contributed by atoms with Crippen molar-refractivity contribution in [2.45, 2.75) is 12.0 Å². The SMILES string of the molecule is O=C1N[C@@]2(CCOc3ccccc32)C(=O)N1CCOc1ccc(F)cc1. The number of imide groups is 1. The van der Waals surface area contributed by atoms with Crippen molar-refractivity contribution < 1.29 is 23.5 Å². The van der Waals surface area contributed by atoms with Crippen LogP contribution in [-0.2, 0) is 10.3 Å². The summed E-state index contributed by atoms with van der Waals surface area (Å²) in [4.78, 5) is 26.6. The van der Waals surface area contributed by atoms with Crippen LogP contribution in [0.5, 0.6) is 11.5 Å². The molecule has 134 valence electrons. The Balaban J connectivity index is 1.49. The molecular formula is C19H17FN2O4. The maximum Gasteiger partial charge on any atom is 0.325 e. The molecule has 1 N–H and O–H groups in total. The van der Waals surface area contributed by atoms with Gasteiger partial charge in [0.05, 0.1) is 13.2 Å². The summed E-state index contributed by atoms with van der Waals surface area (Å²) in [6, 6.07) is 12.3. The van der Waals surface area contributed by atoms with E-state index in [1.165, 1.54) is 24.3 Å². The number of halogens is 1. The van der Waals surface area contributed by atoms with Gasteiger partial charge in [-0.25, -0.2) is 9.18 Å². The van der Waals surface area contributed by atoms with E-state index >= 15 is 0 Å². The van der Waals surface area contributed by atoms with Gasteiger partial charge in [0.15, 0.2) is 5.54 Å². The Morgan fingerprint density at radius 2 is 1.92 bits per heavy atom. The topological polar surface area (TPSA) is 67.9 Å². The molecule has 0 unspecified atom stereocenters. The second-order valence-electron chi connectivity index (χ2n) is 6.19. The zero-order valence-electron chi connectivity index (χ0n) is 13.9. The van der Waals surface area contributed by atoms with Gasteiger partial charge in [0.25, 0.3) is 5.91 Å². The number of ether oxygens (including phenoxy) is 2. The molecule has 0 radical (unpaired) electrons. The molecule has 1 atom stereocenters. The van der Waals surface area contributed by atoms with Gasteiger partial charge < -0.3 is 14.8 Å². The summed E-state index contributed by atoms with van der Waals surface area (Å²) in [7, 11) is 0. The van der Waals surface area contributed by atoms with Gasteiger partial charge in [0, 0.05) is 12.0 Å². The quantitative estimate of drug-likeness (QED) is 0.855. The molecule has 1 saturated heterocycles. The summed E-state index contributed by atoms with van der Waals surface area (Å²) >= 11 is 0. The minimum absolute atomic E-state index is 0.104. The number of carbonyl (C=O) groups excluding carboxylic acids is 2. The zero-order valence-corrected chi connectivity index (χ0v) is 13.9. The fraction of sp³-hybridized carbons (Fsp3) is 0.263. The van der Waals surface area contributed by atoms with E-state index in [9.17, 15) is 14.0 Å². The second kappa shape index (κ2) is 6.33. The lowest BCUT2D eigenvalue weighted by Gasteiger charge is -2.33. The van der Waals surface area contributed by atoms with E-state index in [1.807, 2.05) is 12.1 Å². The highest BCUT2D eigenvalue weighted by Crippen LogP contribution is 2.40. The molecule has 2 aliphatic rings. The van der Waals surface area contributed by atoms with Gasteiger partial charge in [-0.3, -0.25) is 9.69 Å². The lowest BCUT2D eigenvalue weighted by atomic mass is 9.84. The van der Waals surface area contributed by atoms with Gasteiger partial charge in [0.1, 0.15) is 23.9 Å². The van der Waals surface area contributed by atoms with Gasteiger partial charge in [-0.15, -0.1) is 0 Å². The first kappa shape index (κ1) is 16.4. The molecule has 0 aliphatic carbocycles. The number of para-hydroxylation sites is 1. The number of fused-ring (bicyclic) bond motifs is 2. The number of nitrogens with one attached hydrogen (secondary N) is 1. The lowest BCUT2D eigenvalue weighted by molar-refractivity contribution is -0.132. The molecule has 6 nitrogen and oxygen atoms in total. The van der Waals surface area contributed by atoms with Gasteiger partial charge in [-0.1, -0.05) is 18.2 Å². The first-order chi connectivity index (χ1) is 12.6. The number of carbonyl (C=O) groups is 2. The van der Waals surface area contributed by atoms with E-state index < -0.39 is 11.6 Å². The first-order valence-electron chi connectivity index (χ1n) is 8.35. The largest absolute Gasteiger partial charge is 0.493 e. The Kier molecular flexibility index (Phi) is 3.99. The predicted octanol–water partition coefficient (Wildman–Crippen LogP) is 2.43. The third-order valence-electron chi connectivity index (χ3n) is 4.65. The third kappa shape index (κ3) is 2.65. The van der Waals surface area contributed by atoms with Crippen molar-refractivity contribution in [1.82, 2.24) is 10.2 Å². The van der Waals surface area contributed by atoms with Crippen molar-refractivity contribution in [1.29, 1.82) is 0 Å².